The van der Waals surface area contributed by atoms with Crippen LogP contribution in [0.15, 0.2) is 18.2 Å². The first kappa shape index (κ1) is 10.5. The molecule has 0 aliphatic carbocycles. The smallest absolute Gasteiger partial charge is 0.142 e. The van der Waals surface area contributed by atoms with Crippen LogP contribution in [0.4, 0.5) is 8.78 Å². The van der Waals surface area contributed by atoms with Crippen molar-refractivity contribution in [2.75, 3.05) is 0 Å². The fraction of sp³-hybridized carbons (Fsp3) is 0.100. The quantitative estimate of drug-likeness (QED) is 0.592. The maximum absolute atomic E-state index is 13.0. The first-order valence-electron chi connectivity index (χ1n) is 3.89. The largest absolute Gasteiger partial charge is 0.391 e. The molecule has 0 radical (unpaired) electrons. The van der Waals surface area contributed by atoms with E-state index in [1.165, 1.54) is 6.08 Å². The van der Waals surface area contributed by atoms with Gasteiger partial charge >= 0.3 is 0 Å². The van der Waals surface area contributed by atoms with Gasteiger partial charge in [-0.2, -0.15) is 0 Å². The van der Waals surface area contributed by atoms with E-state index in [2.05, 4.69) is 0 Å². The lowest BCUT2D eigenvalue weighted by Gasteiger charge is -2.02. The minimum atomic E-state index is -0.821. The summed E-state index contributed by atoms with van der Waals surface area (Å²) >= 11 is 0. The number of aliphatic hydroxyl groups is 1. The number of carbonyl (C=O) groups excluding carboxylic acids is 1. The number of carbonyl (C=O) groups is 1. The standard InChI is InChI=1S/C10H8F2O2/c11-9-4-7(2-1-3-13)5-10(12)8(9)6-14/h1-5,14H,6H2. The first-order valence-corrected chi connectivity index (χ1v) is 3.89. The van der Waals surface area contributed by atoms with Gasteiger partial charge in [0.05, 0.1) is 6.61 Å². The van der Waals surface area contributed by atoms with E-state index >= 15 is 0 Å². The van der Waals surface area contributed by atoms with Crippen LogP contribution in [0.2, 0.25) is 0 Å². The molecule has 0 aliphatic heterocycles. The summed E-state index contributed by atoms with van der Waals surface area (Å²) in [6, 6.07) is 2.10. The van der Waals surface area contributed by atoms with E-state index < -0.39 is 18.2 Å². The van der Waals surface area contributed by atoms with E-state index in [1.807, 2.05) is 0 Å². The molecule has 14 heavy (non-hydrogen) atoms. The van der Waals surface area contributed by atoms with Gasteiger partial charge in [-0.3, -0.25) is 4.79 Å². The van der Waals surface area contributed by atoms with Gasteiger partial charge in [0.25, 0.3) is 0 Å². The molecule has 4 heteroatoms. The summed E-state index contributed by atoms with van der Waals surface area (Å²) in [7, 11) is 0. The van der Waals surface area contributed by atoms with Crippen molar-refractivity contribution in [3.05, 3.63) is 41.0 Å². The van der Waals surface area contributed by atoms with E-state index in [1.54, 1.807) is 0 Å². The van der Waals surface area contributed by atoms with Crippen molar-refractivity contribution in [3.8, 4) is 0 Å². The monoisotopic (exact) mass is 198 g/mol. The summed E-state index contributed by atoms with van der Waals surface area (Å²) < 4.78 is 26.0. The molecule has 0 saturated carbocycles. The minimum absolute atomic E-state index is 0.240. The number of halogens is 2. The summed E-state index contributed by atoms with van der Waals surface area (Å²) in [5.74, 6) is -1.64. The van der Waals surface area contributed by atoms with Crippen LogP contribution in [0.25, 0.3) is 6.08 Å². The lowest BCUT2D eigenvalue weighted by Crippen LogP contribution is -1.96. The minimum Gasteiger partial charge on any atom is -0.391 e. The number of allylic oxidation sites excluding steroid dienone is 1. The van der Waals surface area contributed by atoms with Crippen LogP contribution in [0, 0.1) is 11.6 Å². The zero-order chi connectivity index (χ0) is 10.6. The average molecular weight is 198 g/mol. The van der Waals surface area contributed by atoms with Crippen LogP contribution in [-0.4, -0.2) is 11.4 Å². The Morgan fingerprint density at radius 1 is 1.29 bits per heavy atom. The van der Waals surface area contributed by atoms with Gasteiger partial charge in [0, 0.05) is 5.56 Å². The summed E-state index contributed by atoms with van der Waals surface area (Å²) in [5, 5.41) is 8.61. The molecule has 0 spiro atoms. The Labute approximate surface area is 79.5 Å². The Morgan fingerprint density at radius 3 is 2.29 bits per heavy atom. The molecule has 1 N–H and O–H groups in total. The van der Waals surface area contributed by atoms with E-state index in [9.17, 15) is 13.6 Å². The van der Waals surface area contributed by atoms with E-state index in [4.69, 9.17) is 5.11 Å². The van der Waals surface area contributed by atoms with Crippen LogP contribution in [0.3, 0.4) is 0 Å². The Hall–Kier alpha value is -1.55. The summed E-state index contributed by atoms with van der Waals surface area (Å²) in [5.41, 5.74) is -0.127. The van der Waals surface area contributed by atoms with Crippen LogP contribution in [-0.2, 0) is 11.4 Å². The second-order valence-electron chi connectivity index (χ2n) is 2.62. The Balaban J connectivity index is 3.13. The number of benzene rings is 1. The van der Waals surface area contributed by atoms with Gasteiger partial charge in [-0.05, 0) is 23.8 Å². The molecule has 0 atom stereocenters. The van der Waals surface area contributed by atoms with Gasteiger partial charge in [0.1, 0.15) is 17.9 Å². The summed E-state index contributed by atoms with van der Waals surface area (Å²) in [4.78, 5) is 9.96. The van der Waals surface area contributed by atoms with Crippen LogP contribution < -0.4 is 0 Å². The molecule has 74 valence electrons. The number of hydrogen-bond donors (Lipinski definition) is 1. The molecular weight excluding hydrogens is 190 g/mol. The molecule has 0 amide bonds. The van der Waals surface area contributed by atoms with E-state index in [0.717, 1.165) is 18.2 Å². The SMILES string of the molecule is O=CC=Cc1cc(F)c(CO)c(F)c1. The number of aliphatic hydroxyl groups excluding tert-OH is 1. The lowest BCUT2D eigenvalue weighted by atomic mass is 10.1. The molecule has 0 unspecified atom stereocenters. The van der Waals surface area contributed by atoms with Crippen molar-refractivity contribution in [1.29, 1.82) is 0 Å². The van der Waals surface area contributed by atoms with E-state index in [0.29, 0.717) is 6.29 Å². The van der Waals surface area contributed by atoms with Crippen LogP contribution >= 0.6 is 0 Å². The highest BCUT2D eigenvalue weighted by molar-refractivity contribution is 5.73. The van der Waals surface area contributed by atoms with Gasteiger partial charge < -0.3 is 5.11 Å². The predicted octanol–water partition coefficient (Wildman–Crippen LogP) is 1.67. The third kappa shape index (κ3) is 2.23. The molecule has 1 aromatic rings. The molecule has 2 nitrogen and oxygen atoms in total. The van der Waals surface area contributed by atoms with Crippen molar-refractivity contribution in [2.45, 2.75) is 6.61 Å². The second kappa shape index (κ2) is 4.62. The van der Waals surface area contributed by atoms with Crippen molar-refractivity contribution >= 4 is 12.4 Å². The van der Waals surface area contributed by atoms with Crippen molar-refractivity contribution < 1.29 is 18.7 Å². The van der Waals surface area contributed by atoms with E-state index in [-0.39, 0.29) is 11.1 Å². The molecule has 0 bridgehead atoms. The zero-order valence-corrected chi connectivity index (χ0v) is 7.21. The molecule has 0 aliphatic rings. The number of rotatable bonds is 3. The molecule has 1 aromatic carbocycles. The van der Waals surface area contributed by atoms with Crippen LogP contribution in [0.1, 0.15) is 11.1 Å². The Morgan fingerprint density at radius 2 is 1.86 bits per heavy atom. The molecule has 0 aromatic heterocycles. The van der Waals surface area contributed by atoms with Gasteiger partial charge in [-0.15, -0.1) is 0 Å². The number of aldehydes is 1. The maximum Gasteiger partial charge on any atom is 0.142 e. The highest BCUT2D eigenvalue weighted by atomic mass is 19.1. The van der Waals surface area contributed by atoms with Gasteiger partial charge in [0.15, 0.2) is 0 Å². The second-order valence-corrected chi connectivity index (χ2v) is 2.62. The van der Waals surface area contributed by atoms with Crippen molar-refractivity contribution in [3.63, 3.8) is 0 Å². The highest BCUT2D eigenvalue weighted by Gasteiger charge is 2.08. The zero-order valence-electron chi connectivity index (χ0n) is 7.21. The van der Waals surface area contributed by atoms with Crippen molar-refractivity contribution in [1.82, 2.24) is 0 Å². The fourth-order valence-corrected chi connectivity index (χ4v) is 1.02. The lowest BCUT2D eigenvalue weighted by molar-refractivity contribution is -0.104. The normalized spacial score (nSPS) is 10.8. The first-order chi connectivity index (χ1) is 6.69. The molecule has 0 saturated heterocycles. The summed E-state index contributed by atoms with van der Waals surface area (Å²) in [6.07, 6.45) is 2.92. The van der Waals surface area contributed by atoms with Gasteiger partial charge in [-0.25, -0.2) is 8.78 Å². The predicted molar refractivity (Wildman–Crippen MR) is 47.4 cm³/mol. The van der Waals surface area contributed by atoms with Crippen molar-refractivity contribution in [2.24, 2.45) is 0 Å². The number of hydrogen-bond acceptors (Lipinski definition) is 2. The molecule has 1 rings (SSSR count). The highest BCUT2D eigenvalue weighted by Crippen LogP contribution is 2.16. The molecule has 0 fully saturated rings. The summed E-state index contributed by atoms with van der Waals surface area (Å²) in [6.45, 7) is -0.685. The molecular formula is C10H8F2O2. The van der Waals surface area contributed by atoms with Gasteiger partial charge in [-0.1, -0.05) is 6.08 Å². The maximum atomic E-state index is 13.0. The topological polar surface area (TPSA) is 37.3 Å². The van der Waals surface area contributed by atoms with Gasteiger partial charge in [0.2, 0.25) is 0 Å². The fourth-order valence-electron chi connectivity index (χ4n) is 1.02. The van der Waals surface area contributed by atoms with Crippen LogP contribution in [0.5, 0.6) is 0 Å². The Kier molecular flexibility index (Phi) is 3.48. The molecule has 0 heterocycles. The third-order valence-corrected chi connectivity index (χ3v) is 1.69. The third-order valence-electron chi connectivity index (χ3n) is 1.69. The Bertz CT molecular complexity index is 349. The average Bonchev–Trinajstić information content (AvgIpc) is 2.14.